The van der Waals surface area contributed by atoms with Crippen LogP contribution in [0.25, 0.3) is 0 Å². The van der Waals surface area contributed by atoms with E-state index in [9.17, 15) is 0 Å². The van der Waals surface area contributed by atoms with Gasteiger partial charge < -0.3 is 4.74 Å². The smallest absolute Gasteiger partial charge is 0.0978 e. The fraction of sp³-hybridized carbons (Fsp3) is 0.800. The molecule has 1 saturated carbocycles. The first-order chi connectivity index (χ1) is 5.34. The van der Waals surface area contributed by atoms with Crippen LogP contribution in [0.5, 0.6) is 0 Å². The van der Waals surface area contributed by atoms with Gasteiger partial charge in [0.05, 0.1) is 12.4 Å². The van der Waals surface area contributed by atoms with Gasteiger partial charge in [0, 0.05) is 0 Å². The molecule has 0 spiro atoms. The third kappa shape index (κ3) is 2.57. The molecule has 0 amide bonds. The molecular formula is C10H18O. The van der Waals surface area contributed by atoms with Crippen molar-refractivity contribution in [3.05, 3.63) is 12.8 Å². The summed E-state index contributed by atoms with van der Waals surface area (Å²) in [5.41, 5.74) is 0. The van der Waals surface area contributed by atoms with Crippen LogP contribution in [-0.2, 0) is 4.74 Å². The van der Waals surface area contributed by atoms with E-state index in [1.165, 1.54) is 32.1 Å². The van der Waals surface area contributed by atoms with Crippen LogP contribution < -0.4 is 0 Å². The summed E-state index contributed by atoms with van der Waals surface area (Å²) in [6.07, 6.45) is 8.82. The summed E-state index contributed by atoms with van der Waals surface area (Å²) in [7, 11) is 0. The maximum absolute atomic E-state index is 5.35. The van der Waals surface area contributed by atoms with Gasteiger partial charge in [-0.3, -0.25) is 0 Å². The van der Waals surface area contributed by atoms with Gasteiger partial charge in [-0.1, -0.05) is 25.8 Å². The summed E-state index contributed by atoms with van der Waals surface area (Å²) in [5.74, 6) is 0.779. The molecule has 0 bridgehead atoms. The Morgan fingerprint density at radius 2 is 2.00 bits per heavy atom. The van der Waals surface area contributed by atoms with Crippen LogP contribution in [0.4, 0.5) is 0 Å². The lowest BCUT2D eigenvalue weighted by Gasteiger charge is -2.26. The first kappa shape index (κ1) is 8.63. The zero-order chi connectivity index (χ0) is 8.10. The van der Waals surface area contributed by atoms with Gasteiger partial charge in [0.1, 0.15) is 0 Å². The Bertz CT molecular complexity index is 114. The molecule has 0 aromatic carbocycles. The largest absolute Gasteiger partial charge is 0.499 e. The molecule has 0 radical (unpaired) electrons. The lowest BCUT2D eigenvalue weighted by atomic mass is 9.86. The molecule has 0 unspecified atom stereocenters. The minimum atomic E-state index is 0.382. The van der Waals surface area contributed by atoms with Gasteiger partial charge in [-0.2, -0.15) is 0 Å². The maximum atomic E-state index is 5.35. The Hall–Kier alpha value is -0.460. The van der Waals surface area contributed by atoms with Crippen LogP contribution >= 0.6 is 0 Å². The molecule has 1 aliphatic carbocycles. The molecule has 0 saturated heterocycles. The highest BCUT2D eigenvalue weighted by Gasteiger charge is 2.19. The maximum Gasteiger partial charge on any atom is 0.0978 e. The van der Waals surface area contributed by atoms with Gasteiger partial charge in [-0.05, 0) is 25.7 Å². The van der Waals surface area contributed by atoms with Gasteiger partial charge in [-0.15, -0.1) is 0 Å². The number of hydrogen-bond acceptors (Lipinski definition) is 1. The molecule has 1 aliphatic rings. The molecule has 0 N–H and O–H groups in total. The molecule has 11 heavy (non-hydrogen) atoms. The monoisotopic (exact) mass is 154 g/mol. The van der Waals surface area contributed by atoms with Crippen molar-refractivity contribution < 1.29 is 4.74 Å². The predicted octanol–water partition coefficient (Wildman–Crippen LogP) is 3.12. The molecule has 0 aromatic heterocycles. The van der Waals surface area contributed by atoms with E-state index in [0.29, 0.717) is 6.10 Å². The van der Waals surface area contributed by atoms with Gasteiger partial charge in [-0.25, -0.2) is 0 Å². The zero-order valence-corrected chi connectivity index (χ0v) is 7.38. The van der Waals surface area contributed by atoms with Crippen molar-refractivity contribution in [3.8, 4) is 0 Å². The molecule has 1 atom stereocenters. The summed E-state index contributed by atoms with van der Waals surface area (Å²) in [4.78, 5) is 0. The van der Waals surface area contributed by atoms with Crippen molar-refractivity contribution in [2.75, 3.05) is 0 Å². The van der Waals surface area contributed by atoms with E-state index >= 15 is 0 Å². The molecule has 1 heteroatoms. The van der Waals surface area contributed by atoms with Crippen molar-refractivity contribution in [1.82, 2.24) is 0 Å². The Morgan fingerprint density at radius 1 is 1.36 bits per heavy atom. The summed E-state index contributed by atoms with van der Waals surface area (Å²) < 4.78 is 5.35. The Morgan fingerprint density at radius 3 is 2.55 bits per heavy atom. The standard InChI is InChI=1S/C10H18O/c1-3-11-9(2)10-7-5-4-6-8-10/h3,9-10H,1,4-8H2,2H3/t9-/m0/s1. The molecule has 64 valence electrons. The second-order valence-corrected chi connectivity index (χ2v) is 3.41. The van der Waals surface area contributed by atoms with Crippen LogP contribution in [0.15, 0.2) is 12.8 Å². The molecule has 1 fully saturated rings. The number of hydrogen-bond donors (Lipinski definition) is 0. The van der Waals surface area contributed by atoms with E-state index < -0.39 is 0 Å². The predicted molar refractivity (Wildman–Crippen MR) is 47.3 cm³/mol. The average Bonchev–Trinajstić information content (AvgIpc) is 2.07. The van der Waals surface area contributed by atoms with Gasteiger partial charge in [0.25, 0.3) is 0 Å². The SMILES string of the molecule is C=CO[C@@H](C)C1CCCCC1. The van der Waals surface area contributed by atoms with E-state index in [1.807, 2.05) is 0 Å². The third-order valence-corrected chi connectivity index (χ3v) is 2.62. The fourth-order valence-corrected chi connectivity index (χ4v) is 1.87. The average molecular weight is 154 g/mol. The van der Waals surface area contributed by atoms with E-state index in [1.54, 1.807) is 6.26 Å². The van der Waals surface area contributed by atoms with Gasteiger partial charge in [0.2, 0.25) is 0 Å². The van der Waals surface area contributed by atoms with E-state index in [2.05, 4.69) is 13.5 Å². The summed E-state index contributed by atoms with van der Waals surface area (Å²) >= 11 is 0. The van der Waals surface area contributed by atoms with Crippen LogP contribution in [0.1, 0.15) is 39.0 Å². The molecule has 0 aliphatic heterocycles. The quantitative estimate of drug-likeness (QED) is 0.567. The lowest BCUT2D eigenvalue weighted by Crippen LogP contribution is -2.21. The van der Waals surface area contributed by atoms with Crippen molar-refractivity contribution in [2.45, 2.75) is 45.1 Å². The molecule has 1 nitrogen and oxygen atoms in total. The third-order valence-electron chi connectivity index (χ3n) is 2.62. The molecule has 0 heterocycles. The van der Waals surface area contributed by atoms with Gasteiger partial charge in [0.15, 0.2) is 0 Å². The summed E-state index contributed by atoms with van der Waals surface area (Å²) in [6.45, 7) is 5.72. The minimum absolute atomic E-state index is 0.382. The highest BCUT2D eigenvalue weighted by Crippen LogP contribution is 2.27. The first-order valence-corrected chi connectivity index (χ1v) is 4.61. The summed E-state index contributed by atoms with van der Waals surface area (Å²) in [6, 6.07) is 0. The Balaban J connectivity index is 2.26. The van der Waals surface area contributed by atoms with Crippen molar-refractivity contribution in [1.29, 1.82) is 0 Å². The second kappa shape index (κ2) is 4.42. The highest BCUT2D eigenvalue weighted by atomic mass is 16.5. The lowest BCUT2D eigenvalue weighted by molar-refractivity contribution is 0.0821. The van der Waals surface area contributed by atoms with Crippen molar-refractivity contribution in [2.24, 2.45) is 5.92 Å². The topological polar surface area (TPSA) is 9.23 Å². The van der Waals surface area contributed by atoms with E-state index in [0.717, 1.165) is 5.92 Å². The van der Waals surface area contributed by atoms with Crippen LogP contribution in [0.2, 0.25) is 0 Å². The molecular weight excluding hydrogens is 136 g/mol. The number of ether oxygens (including phenoxy) is 1. The number of rotatable bonds is 3. The van der Waals surface area contributed by atoms with Crippen LogP contribution in [0, 0.1) is 5.92 Å². The van der Waals surface area contributed by atoms with Crippen molar-refractivity contribution >= 4 is 0 Å². The van der Waals surface area contributed by atoms with Crippen LogP contribution in [0.3, 0.4) is 0 Å². The minimum Gasteiger partial charge on any atom is -0.499 e. The van der Waals surface area contributed by atoms with Crippen molar-refractivity contribution in [3.63, 3.8) is 0 Å². The molecule has 0 aromatic rings. The van der Waals surface area contributed by atoms with Gasteiger partial charge >= 0.3 is 0 Å². The Kier molecular flexibility index (Phi) is 3.47. The van der Waals surface area contributed by atoms with E-state index in [-0.39, 0.29) is 0 Å². The van der Waals surface area contributed by atoms with E-state index in [4.69, 9.17) is 4.74 Å². The zero-order valence-electron chi connectivity index (χ0n) is 7.38. The first-order valence-electron chi connectivity index (χ1n) is 4.61. The summed E-state index contributed by atoms with van der Waals surface area (Å²) in [5, 5.41) is 0. The molecule has 1 rings (SSSR count). The van der Waals surface area contributed by atoms with Crippen LogP contribution in [-0.4, -0.2) is 6.10 Å². The fourth-order valence-electron chi connectivity index (χ4n) is 1.87. The highest BCUT2D eigenvalue weighted by molar-refractivity contribution is 4.72. The normalized spacial score (nSPS) is 22.6. The Labute approximate surface area is 69.4 Å². The second-order valence-electron chi connectivity index (χ2n) is 3.41.